The number of carbonyl (C=O) groups is 1. The lowest BCUT2D eigenvalue weighted by Gasteiger charge is -2.11. The van der Waals surface area contributed by atoms with Crippen molar-refractivity contribution in [1.29, 1.82) is 0 Å². The third-order valence-electron chi connectivity index (χ3n) is 4.63. The van der Waals surface area contributed by atoms with E-state index < -0.39 is 5.97 Å². The molecule has 6 heteroatoms. The SMILES string of the molecule is Cc1c(CNCCCOC(C)C)c(C(=O)O)c(C)n1Cc1ccc(F)cc1. The van der Waals surface area contributed by atoms with Crippen molar-refractivity contribution >= 4 is 5.97 Å². The van der Waals surface area contributed by atoms with Gasteiger partial charge in [-0.15, -0.1) is 0 Å². The molecule has 2 rings (SSSR count). The highest BCUT2D eigenvalue weighted by Gasteiger charge is 2.22. The summed E-state index contributed by atoms with van der Waals surface area (Å²) in [6.45, 7) is 10.2. The van der Waals surface area contributed by atoms with Crippen molar-refractivity contribution in [2.45, 2.75) is 53.3 Å². The first-order chi connectivity index (χ1) is 12.8. The summed E-state index contributed by atoms with van der Waals surface area (Å²) in [7, 11) is 0. The van der Waals surface area contributed by atoms with Crippen LogP contribution in [0.25, 0.3) is 0 Å². The molecule has 0 atom stereocenters. The van der Waals surface area contributed by atoms with Crippen LogP contribution < -0.4 is 5.32 Å². The van der Waals surface area contributed by atoms with Gasteiger partial charge in [-0.2, -0.15) is 0 Å². The molecule has 2 N–H and O–H groups in total. The average molecular weight is 376 g/mol. The van der Waals surface area contributed by atoms with Gasteiger partial charge >= 0.3 is 5.97 Å². The fourth-order valence-corrected chi connectivity index (χ4v) is 3.19. The van der Waals surface area contributed by atoms with Crippen LogP contribution in [-0.4, -0.2) is 34.9 Å². The Morgan fingerprint density at radius 1 is 1.22 bits per heavy atom. The third-order valence-corrected chi connectivity index (χ3v) is 4.63. The van der Waals surface area contributed by atoms with Crippen LogP contribution in [0.15, 0.2) is 24.3 Å². The van der Waals surface area contributed by atoms with E-state index in [9.17, 15) is 14.3 Å². The standard InChI is InChI=1S/C21H29FN2O3/c1-14(2)27-11-5-10-23-12-19-15(3)24(16(4)20(19)21(25)26)13-17-6-8-18(22)9-7-17/h6-9,14,23H,5,10-13H2,1-4H3,(H,25,26). The maximum atomic E-state index is 13.1. The Labute approximate surface area is 160 Å². The molecule has 1 aromatic heterocycles. The number of aromatic nitrogens is 1. The van der Waals surface area contributed by atoms with Crippen molar-refractivity contribution in [3.8, 4) is 0 Å². The lowest BCUT2D eigenvalue weighted by atomic mass is 10.1. The van der Waals surface area contributed by atoms with Gasteiger partial charge in [0.05, 0.1) is 11.7 Å². The first kappa shape index (κ1) is 21.1. The molecule has 0 saturated heterocycles. The molecule has 0 aliphatic rings. The largest absolute Gasteiger partial charge is 0.478 e. The maximum Gasteiger partial charge on any atom is 0.337 e. The number of nitrogens with one attached hydrogen (secondary N) is 1. The molecule has 0 amide bonds. The van der Waals surface area contributed by atoms with Crippen LogP contribution in [0.2, 0.25) is 0 Å². The summed E-state index contributed by atoms with van der Waals surface area (Å²) in [5.74, 6) is -1.20. The predicted molar refractivity (Wildman–Crippen MR) is 104 cm³/mol. The first-order valence-electron chi connectivity index (χ1n) is 9.29. The van der Waals surface area contributed by atoms with Crippen LogP contribution in [0.1, 0.15) is 53.1 Å². The smallest absolute Gasteiger partial charge is 0.337 e. The molecule has 0 radical (unpaired) electrons. The van der Waals surface area contributed by atoms with E-state index >= 15 is 0 Å². The van der Waals surface area contributed by atoms with Crippen LogP contribution in [-0.2, 0) is 17.8 Å². The monoisotopic (exact) mass is 376 g/mol. The summed E-state index contributed by atoms with van der Waals surface area (Å²) in [5, 5.41) is 13.0. The van der Waals surface area contributed by atoms with E-state index in [4.69, 9.17) is 4.74 Å². The molecule has 2 aromatic rings. The molecule has 5 nitrogen and oxygen atoms in total. The number of halogens is 1. The van der Waals surface area contributed by atoms with Gasteiger partial charge in [-0.05, 0) is 58.4 Å². The topological polar surface area (TPSA) is 63.5 Å². The second kappa shape index (κ2) is 9.67. The number of rotatable bonds is 10. The van der Waals surface area contributed by atoms with Gasteiger partial charge in [0.25, 0.3) is 0 Å². The number of hydrogen-bond donors (Lipinski definition) is 2. The molecule has 0 aliphatic heterocycles. The normalized spacial score (nSPS) is 11.3. The minimum absolute atomic E-state index is 0.217. The van der Waals surface area contributed by atoms with Crippen molar-refractivity contribution in [3.63, 3.8) is 0 Å². The highest BCUT2D eigenvalue weighted by Crippen LogP contribution is 2.24. The van der Waals surface area contributed by atoms with Gasteiger partial charge in [-0.25, -0.2) is 9.18 Å². The van der Waals surface area contributed by atoms with E-state index in [2.05, 4.69) is 5.32 Å². The summed E-state index contributed by atoms with van der Waals surface area (Å²) >= 11 is 0. The number of benzene rings is 1. The van der Waals surface area contributed by atoms with E-state index in [1.807, 2.05) is 32.3 Å². The van der Waals surface area contributed by atoms with Crippen LogP contribution >= 0.6 is 0 Å². The molecule has 0 fully saturated rings. The molecule has 1 heterocycles. The highest BCUT2D eigenvalue weighted by atomic mass is 19.1. The van der Waals surface area contributed by atoms with E-state index in [1.54, 1.807) is 12.1 Å². The highest BCUT2D eigenvalue weighted by molar-refractivity contribution is 5.91. The fourth-order valence-electron chi connectivity index (χ4n) is 3.19. The Kier molecular flexibility index (Phi) is 7.56. The van der Waals surface area contributed by atoms with Crippen LogP contribution in [0, 0.1) is 19.7 Å². The van der Waals surface area contributed by atoms with Crippen molar-refractivity contribution in [2.75, 3.05) is 13.2 Å². The first-order valence-corrected chi connectivity index (χ1v) is 9.29. The molecule has 148 valence electrons. The quantitative estimate of drug-likeness (QED) is 0.618. The number of aromatic carboxylic acids is 1. The molecule has 27 heavy (non-hydrogen) atoms. The van der Waals surface area contributed by atoms with Gasteiger partial charge in [0.15, 0.2) is 0 Å². The average Bonchev–Trinajstić information content (AvgIpc) is 2.84. The number of hydrogen-bond acceptors (Lipinski definition) is 3. The van der Waals surface area contributed by atoms with Crippen molar-refractivity contribution in [3.05, 3.63) is 58.2 Å². The molecular formula is C21H29FN2O3. The second-order valence-electron chi connectivity index (χ2n) is 6.99. The second-order valence-corrected chi connectivity index (χ2v) is 6.99. The van der Waals surface area contributed by atoms with Crippen molar-refractivity contribution in [2.24, 2.45) is 0 Å². The Bertz CT molecular complexity index is 767. The van der Waals surface area contributed by atoms with E-state index in [1.165, 1.54) is 12.1 Å². The molecule has 0 bridgehead atoms. The lowest BCUT2D eigenvalue weighted by molar-refractivity contribution is 0.0693. The van der Waals surface area contributed by atoms with Gasteiger partial charge in [0.2, 0.25) is 0 Å². The maximum absolute atomic E-state index is 13.1. The number of ether oxygens (including phenoxy) is 1. The van der Waals surface area contributed by atoms with Crippen molar-refractivity contribution < 1.29 is 19.0 Å². The zero-order valence-corrected chi connectivity index (χ0v) is 16.5. The van der Waals surface area contributed by atoms with E-state index in [0.29, 0.717) is 31.0 Å². The Morgan fingerprint density at radius 2 is 1.89 bits per heavy atom. The van der Waals surface area contributed by atoms with Gasteiger partial charge in [0.1, 0.15) is 5.82 Å². The zero-order chi connectivity index (χ0) is 20.0. The summed E-state index contributed by atoms with van der Waals surface area (Å²) in [5.41, 5.74) is 3.71. The van der Waals surface area contributed by atoms with Crippen LogP contribution in [0.3, 0.4) is 0 Å². The van der Waals surface area contributed by atoms with E-state index in [-0.39, 0.29) is 11.9 Å². The molecule has 0 saturated carbocycles. The minimum Gasteiger partial charge on any atom is -0.478 e. The van der Waals surface area contributed by atoms with Gasteiger partial charge in [-0.3, -0.25) is 0 Å². The molecular weight excluding hydrogens is 347 g/mol. The summed E-state index contributed by atoms with van der Waals surface area (Å²) in [4.78, 5) is 11.8. The van der Waals surface area contributed by atoms with Crippen LogP contribution in [0.4, 0.5) is 4.39 Å². The molecule has 0 spiro atoms. The predicted octanol–water partition coefficient (Wildman–Crippen LogP) is 3.90. The zero-order valence-electron chi connectivity index (χ0n) is 16.5. The molecule has 1 aromatic carbocycles. The minimum atomic E-state index is -0.923. The van der Waals surface area contributed by atoms with Crippen molar-refractivity contribution in [1.82, 2.24) is 9.88 Å². The number of carboxylic acid groups (broad SMARTS) is 1. The summed E-state index contributed by atoms with van der Waals surface area (Å²) < 4.78 is 20.6. The van der Waals surface area contributed by atoms with Gasteiger partial charge in [0, 0.05) is 36.6 Å². The summed E-state index contributed by atoms with van der Waals surface area (Å²) in [6.07, 6.45) is 1.09. The molecule has 0 aliphatic carbocycles. The van der Waals surface area contributed by atoms with Gasteiger partial charge in [-0.1, -0.05) is 12.1 Å². The van der Waals surface area contributed by atoms with E-state index in [0.717, 1.165) is 29.8 Å². The Balaban J connectivity index is 2.11. The van der Waals surface area contributed by atoms with Crippen LogP contribution in [0.5, 0.6) is 0 Å². The Morgan fingerprint density at radius 3 is 2.48 bits per heavy atom. The lowest BCUT2D eigenvalue weighted by Crippen LogP contribution is -2.19. The van der Waals surface area contributed by atoms with Gasteiger partial charge < -0.3 is 19.7 Å². The number of nitrogens with zero attached hydrogens (tertiary/aromatic N) is 1. The fraction of sp³-hybridized carbons (Fsp3) is 0.476. The Hall–Kier alpha value is -2.18. The number of carboxylic acids is 1. The molecule has 0 unspecified atom stereocenters. The third kappa shape index (κ3) is 5.65. The summed E-state index contributed by atoms with van der Waals surface area (Å²) in [6, 6.07) is 6.29.